The molecule has 1 fully saturated rings. The van der Waals surface area contributed by atoms with Crippen molar-refractivity contribution in [3.63, 3.8) is 0 Å². The van der Waals surface area contributed by atoms with Gasteiger partial charge in [0.2, 0.25) is 0 Å². The molecule has 2 aliphatic rings. The Bertz CT molecular complexity index is 460. The predicted molar refractivity (Wildman–Crippen MR) is 82.9 cm³/mol. The van der Waals surface area contributed by atoms with Crippen molar-refractivity contribution in [2.45, 2.75) is 37.1 Å². The van der Waals surface area contributed by atoms with Gasteiger partial charge in [-0.15, -0.1) is 11.8 Å². The largest absolute Gasteiger partial charge is 0.486 e. The van der Waals surface area contributed by atoms with Gasteiger partial charge in [-0.2, -0.15) is 0 Å². The average Bonchev–Trinajstić information content (AvgIpc) is 3.30. The number of thioether (sulfide) groups is 1. The van der Waals surface area contributed by atoms with Crippen molar-refractivity contribution in [2.24, 2.45) is 5.92 Å². The number of rotatable bonds is 7. The first-order chi connectivity index (χ1) is 9.86. The molecule has 110 valence electrons. The summed E-state index contributed by atoms with van der Waals surface area (Å²) in [7, 11) is 0. The van der Waals surface area contributed by atoms with Crippen LogP contribution in [0.2, 0.25) is 0 Å². The fourth-order valence-corrected chi connectivity index (χ4v) is 3.20. The van der Waals surface area contributed by atoms with Gasteiger partial charge < -0.3 is 14.8 Å². The fraction of sp³-hybridized carbons (Fsp3) is 0.625. The van der Waals surface area contributed by atoms with E-state index in [-0.39, 0.29) is 0 Å². The molecular weight excluding hydrogens is 270 g/mol. The average molecular weight is 293 g/mol. The van der Waals surface area contributed by atoms with Gasteiger partial charge in [-0.25, -0.2) is 0 Å². The van der Waals surface area contributed by atoms with Gasteiger partial charge in [-0.1, -0.05) is 12.8 Å². The fourth-order valence-electron chi connectivity index (χ4n) is 2.59. The molecule has 1 aromatic carbocycles. The molecule has 3 rings (SSSR count). The molecule has 0 spiro atoms. The minimum absolute atomic E-state index is 0.652. The van der Waals surface area contributed by atoms with Crippen LogP contribution in [0.3, 0.4) is 0 Å². The Morgan fingerprint density at radius 3 is 2.65 bits per heavy atom. The van der Waals surface area contributed by atoms with Crippen LogP contribution in [-0.2, 0) is 6.54 Å². The summed E-state index contributed by atoms with van der Waals surface area (Å²) in [6.45, 7) is 3.33. The van der Waals surface area contributed by atoms with Gasteiger partial charge in [0.1, 0.15) is 13.2 Å². The van der Waals surface area contributed by atoms with Crippen molar-refractivity contribution in [2.75, 3.05) is 26.0 Å². The Kier molecular flexibility index (Phi) is 4.73. The maximum Gasteiger partial charge on any atom is 0.162 e. The van der Waals surface area contributed by atoms with Crippen LogP contribution in [0.5, 0.6) is 11.5 Å². The highest BCUT2D eigenvalue weighted by molar-refractivity contribution is 7.98. The van der Waals surface area contributed by atoms with Gasteiger partial charge in [0, 0.05) is 11.4 Å². The third kappa shape index (κ3) is 3.61. The molecule has 1 aromatic rings. The quantitative estimate of drug-likeness (QED) is 0.616. The summed E-state index contributed by atoms with van der Waals surface area (Å²) in [6.07, 6.45) is 7.72. The van der Waals surface area contributed by atoms with E-state index in [2.05, 4.69) is 23.7 Å². The van der Waals surface area contributed by atoms with Crippen LogP contribution < -0.4 is 14.8 Å². The molecule has 3 nitrogen and oxygen atoms in total. The lowest BCUT2D eigenvalue weighted by Gasteiger charge is -2.21. The number of hydrogen-bond acceptors (Lipinski definition) is 4. The minimum Gasteiger partial charge on any atom is -0.486 e. The van der Waals surface area contributed by atoms with E-state index in [1.165, 1.54) is 36.1 Å². The number of benzene rings is 1. The highest BCUT2D eigenvalue weighted by Gasteiger charge is 2.20. The van der Waals surface area contributed by atoms with E-state index in [1.807, 2.05) is 0 Å². The lowest BCUT2D eigenvalue weighted by Crippen LogP contribution is -2.18. The molecule has 0 atom stereocenters. The molecule has 1 saturated carbocycles. The van der Waals surface area contributed by atoms with Crippen LogP contribution in [0, 0.1) is 5.92 Å². The van der Waals surface area contributed by atoms with E-state index in [9.17, 15) is 0 Å². The molecule has 1 aliphatic carbocycles. The molecule has 0 unspecified atom stereocenters. The summed E-state index contributed by atoms with van der Waals surface area (Å²) < 4.78 is 11.3. The number of ether oxygens (including phenoxy) is 2. The summed E-state index contributed by atoms with van der Waals surface area (Å²) in [5.74, 6) is 2.81. The first-order valence-corrected chi connectivity index (χ1v) is 8.76. The molecule has 4 heteroatoms. The zero-order valence-corrected chi connectivity index (χ0v) is 12.9. The number of hydrogen-bond donors (Lipinski definition) is 1. The van der Waals surface area contributed by atoms with Gasteiger partial charge in [0.25, 0.3) is 0 Å². The molecule has 1 heterocycles. The highest BCUT2D eigenvalue weighted by atomic mass is 32.2. The number of fused-ring (bicyclic) bond motifs is 1. The van der Waals surface area contributed by atoms with Crippen molar-refractivity contribution in [1.82, 2.24) is 5.32 Å². The van der Waals surface area contributed by atoms with Crippen LogP contribution in [0.1, 0.15) is 31.2 Å². The smallest absolute Gasteiger partial charge is 0.162 e. The summed E-state index contributed by atoms with van der Waals surface area (Å²) in [4.78, 5) is 1.28. The monoisotopic (exact) mass is 293 g/mol. The highest BCUT2D eigenvalue weighted by Crippen LogP contribution is 2.36. The van der Waals surface area contributed by atoms with E-state index in [4.69, 9.17) is 9.47 Å². The second kappa shape index (κ2) is 6.72. The van der Waals surface area contributed by atoms with Gasteiger partial charge in [0.15, 0.2) is 11.5 Å². The van der Waals surface area contributed by atoms with Crippen LogP contribution in [0.25, 0.3) is 0 Å². The summed E-state index contributed by atoms with van der Waals surface area (Å²) in [5, 5.41) is 3.56. The Hall–Kier alpha value is -0.870. The summed E-state index contributed by atoms with van der Waals surface area (Å²) >= 11 is 1.77. The van der Waals surface area contributed by atoms with Crippen molar-refractivity contribution in [3.8, 4) is 11.5 Å². The molecule has 0 radical (unpaired) electrons. The maximum absolute atomic E-state index is 5.67. The first kappa shape index (κ1) is 14.1. The van der Waals surface area contributed by atoms with E-state index < -0.39 is 0 Å². The number of nitrogens with one attached hydrogen (secondary N) is 1. The molecule has 0 amide bonds. The lowest BCUT2D eigenvalue weighted by atomic mass is 10.1. The van der Waals surface area contributed by atoms with Crippen LogP contribution in [0.15, 0.2) is 17.0 Å². The van der Waals surface area contributed by atoms with Crippen LogP contribution in [0.4, 0.5) is 0 Å². The van der Waals surface area contributed by atoms with Gasteiger partial charge in [-0.05, 0) is 49.3 Å². The Labute approximate surface area is 125 Å². The standard InChI is InChI=1S/C16H23NO2S/c1-20-16-10-15-14(18-7-8-19-15)9-13(16)11-17-6-2-3-12-4-5-12/h9-10,12,17H,2-8,11H2,1H3. The van der Waals surface area contributed by atoms with E-state index in [0.29, 0.717) is 13.2 Å². The second-order valence-electron chi connectivity index (χ2n) is 5.57. The summed E-state index contributed by atoms with van der Waals surface area (Å²) in [6, 6.07) is 4.24. The van der Waals surface area contributed by atoms with Gasteiger partial charge >= 0.3 is 0 Å². The molecule has 0 aromatic heterocycles. The van der Waals surface area contributed by atoms with E-state index in [1.54, 1.807) is 11.8 Å². The SMILES string of the molecule is CSc1cc2c(cc1CNCCCC1CC1)OCCO2. The van der Waals surface area contributed by atoms with Crippen LogP contribution in [-0.4, -0.2) is 26.0 Å². The topological polar surface area (TPSA) is 30.5 Å². The van der Waals surface area contributed by atoms with Crippen molar-refractivity contribution >= 4 is 11.8 Å². The summed E-state index contributed by atoms with van der Waals surface area (Å²) in [5.41, 5.74) is 1.31. The third-order valence-electron chi connectivity index (χ3n) is 3.92. The molecule has 0 bridgehead atoms. The Morgan fingerprint density at radius 1 is 1.20 bits per heavy atom. The van der Waals surface area contributed by atoms with Crippen LogP contribution >= 0.6 is 11.8 Å². The first-order valence-electron chi connectivity index (χ1n) is 7.54. The molecular formula is C16H23NO2S. The van der Waals surface area contributed by atoms with Gasteiger partial charge in [0.05, 0.1) is 0 Å². The molecule has 20 heavy (non-hydrogen) atoms. The maximum atomic E-state index is 5.67. The Balaban J connectivity index is 1.55. The van der Waals surface area contributed by atoms with Crippen molar-refractivity contribution < 1.29 is 9.47 Å². The second-order valence-corrected chi connectivity index (χ2v) is 6.42. The predicted octanol–water partition coefficient (Wildman–Crippen LogP) is 3.46. The minimum atomic E-state index is 0.652. The lowest BCUT2D eigenvalue weighted by molar-refractivity contribution is 0.171. The zero-order valence-electron chi connectivity index (χ0n) is 12.1. The normalized spacial score (nSPS) is 17.2. The van der Waals surface area contributed by atoms with E-state index >= 15 is 0 Å². The van der Waals surface area contributed by atoms with Gasteiger partial charge in [-0.3, -0.25) is 0 Å². The Morgan fingerprint density at radius 2 is 1.95 bits per heavy atom. The molecule has 1 N–H and O–H groups in total. The molecule has 0 saturated heterocycles. The van der Waals surface area contributed by atoms with Crippen molar-refractivity contribution in [3.05, 3.63) is 17.7 Å². The third-order valence-corrected chi connectivity index (χ3v) is 4.74. The van der Waals surface area contributed by atoms with Crippen molar-refractivity contribution in [1.29, 1.82) is 0 Å². The van der Waals surface area contributed by atoms with E-state index in [0.717, 1.165) is 30.5 Å². The molecule has 1 aliphatic heterocycles. The zero-order chi connectivity index (χ0) is 13.8.